The number of cyclic esters (lactones) is 1. The average Bonchev–Trinajstić information content (AvgIpc) is 2.85. The second-order valence-electron chi connectivity index (χ2n) is 6.41. The van der Waals surface area contributed by atoms with E-state index in [2.05, 4.69) is 9.80 Å². The third-order valence-electron chi connectivity index (χ3n) is 4.89. The van der Waals surface area contributed by atoms with Gasteiger partial charge in [0.25, 0.3) is 0 Å². The molecule has 2 fully saturated rings. The summed E-state index contributed by atoms with van der Waals surface area (Å²) in [5, 5.41) is 0. The molecule has 0 N–H and O–H groups in total. The molecule has 0 saturated carbocycles. The van der Waals surface area contributed by atoms with Crippen molar-refractivity contribution in [2.45, 2.75) is 38.5 Å². The molecule has 23 heavy (non-hydrogen) atoms. The third-order valence-corrected chi connectivity index (χ3v) is 4.89. The van der Waals surface area contributed by atoms with Gasteiger partial charge in [-0.1, -0.05) is 6.07 Å². The van der Waals surface area contributed by atoms with Gasteiger partial charge in [0.05, 0.1) is 0 Å². The number of rotatable bonds is 3. The van der Waals surface area contributed by atoms with E-state index in [1.165, 1.54) is 12.1 Å². The summed E-state index contributed by atoms with van der Waals surface area (Å²) in [4.78, 5) is 16.1. The molecule has 1 aromatic rings. The van der Waals surface area contributed by atoms with Gasteiger partial charge in [0.2, 0.25) is 0 Å². The number of piperazine rings is 1. The van der Waals surface area contributed by atoms with Crippen molar-refractivity contribution in [2.24, 2.45) is 0 Å². The summed E-state index contributed by atoms with van der Waals surface area (Å²) in [5.74, 6) is -1.20. The molecule has 0 radical (unpaired) electrons. The van der Waals surface area contributed by atoms with Crippen LogP contribution in [-0.4, -0.2) is 54.1 Å². The lowest BCUT2D eigenvalue weighted by Gasteiger charge is -2.39. The van der Waals surface area contributed by atoms with Crippen molar-refractivity contribution >= 4 is 5.97 Å². The van der Waals surface area contributed by atoms with E-state index in [0.29, 0.717) is 5.56 Å². The summed E-state index contributed by atoms with van der Waals surface area (Å²) in [6, 6.07) is 3.47. The molecule has 2 heterocycles. The first-order chi connectivity index (χ1) is 11.0. The van der Waals surface area contributed by atoms with Crippen LogP contribution in [0.2, 0.25) is 0 Å². The molecule has 4 nitrogen and oxygen atoms in total. The lowest BCUT2D eigenvalue weighted by molar-refractivity contribution is -0.145. The number of carbonyl (C=O) groups excluding carboxylic acids is 1. The van der Waals surface area contributed by atoms with Crippen LogP contribution in [0.1, 0.15) is 31.9 Å². The zero-order valence-corrected chi connectivity index (χ0v) is 13.5. The Hall–Kier alpha value is -1.53. The second kappa shape index (κ2) is 6.53. The van der Waals surface area contributed by atoms with Crippen LogP contribution in [0.25, 0.3) is 0 Å². The maximum Gasteiger partial charge on any atom is 0.323 e. The maximum atomic E-state index is 13.9. The van der Waals surface area contributed by atoms with E-state index in [4.69, 9.17) is 4.74 Å². The molecule has 126 valence electrons. The molecule has 0 aliphatic carbocycles. The Morgan fingerprint density at radius 1 is 1.22 bits per heavy atom. The molecule has 3 atom stereocenters. The molecule has 6 heteroatoms. The fourth-order valence-corrected chi connectivity index (χ4v) is 3.51. The van der Waals surface area contributed by atoms with E-state index in [1.807, 2.05) is 13.8 Å². The SMILES string of the molecule is C[C@@H]1C[C@@H](N2CCN([C@@H](C)c3ccc(F)cc3F)CC2)C(=O)O1. The minimum Gasteiger partial charge on any atom is -0.461 e. The lowest BCUT2D eigenvalue weighted by atomic mass is 10.0. The standard InChI is InChI=1S/C17H22F2N2O2/c1-11-9-16(17(22)23-11)21-7-5-20(6-8-21)12(2)14-4-3-13(18)10-15(14)19/h3-4,10-12,16H,5-9H2,1-2H3/t11-,12+,16-/m1/s1. The van der Waals surface area contributed by atoms with Crippen molar-refractivity contribution in [1.82, 2.24) is 9.80 Å². The molecule has 1 aromatic carbocycles. The van der Waals surface area contributed by atoms with Crippen molar-refractivity contribution in [3.05, 3.63) is 35.4 Å². The molecule has 0 unspecified atom stereocenters. The van der Waals surface area contributed by atoms with Gasteiger partial charge in [-0.3, -0.25) is 14.6 Å². The molecule has 2 saturated heterocycles. The molecule has 0 aromatic heterocycles. The van der Waals surface area contributed by atoms with Gasteiger partial charge < -0.3 is 4.74 Å². The summed E-state index contributed by atoms with van der Waals surface area (Å²) in [6.45, 7) is 6.83. The van der Waals surface area contributed by atoms with Gasteiger partial charge >= 0.3 is 5.97 Å². The molecule has 0 bridgehead atoms. The van der Waals surface area contributed by atoms with Crippen LogP contribution in [0.15, 0.2) is 18.2 Å². The zero-order chi connectivity index (χ0) is 16.6. The quantitative estimate of drug-likeness (QED) is 0.799. The van der Waals surface area contributed by atoms with Crippen molar-refractivity contribution < 1.29 is 18.3 Å². The van der Waals surface area contributed by atoms with Crippen molar-refractivity contribution in [2.75, 3.05) is 26.2 Å². The van der Waals surface area contributed by atoms with E-state index in [9.17, 15) is 13.6 Å². The fourth-order valence-electron chi connectivity index (χ4n) is 3.51. The number of esters is 1. The van der Waals surface area contributed by atoms with E-state index in [-0.39, 0.29) is 24.2 Å². The van der Waals surface area contributed by atoms with Crippen LogP contribution in [0.5, 0.6) is 0 Å². The Balaban J connectivity index is 1.61. The van der Waals surface area contributed by atoms with Gasteiger partial charge in [-0.15, -0.1) is 0 Å². The number of hydrogen-bond donors (Lipinski definition) is 0. The number of halogens is 2. The van der Waals surface area contributed by atoms with Crippen LogP contribution in [0.3, 0.4) is 0 Å². The summed E-state index contributed by atoms with van der Waals surface area (Å²) >= 11 is 0. The number of benzene rings is 1. The zero-order valence-electron chi connectivity index (χ0n) is 13.5. The van der Waals surface area contributed by atoms with Gasteiger partial charge in [-0.25, -0.2) is 8.78 Å². The number of carbonyl (C=O) groups is 1. The van der Waals surface area contributed by atoms with Gasteiger partial charge in [-0.2, -0.15) is 0 Å². The highest BCUT2D eigenvalue weighted by molar-refractivity contribution is 5.78. The first-order valence-corrected chi connectivity index (χ1v) is 8.09. The van der Waals surface area contributed by atoms with Gasteiger partial charge in [0.15, 0.2) is 0 Å². The summed E-state index contributed by atoms with van der Waals surface area (Å²) < 4.78 is 32.2. The van der Waals surface area contributed by atoms with E-state index in [1.54, 1.807) is 0 Å². The third kappa shape index (κ3) is 3.38. The van der Waals surface area contributed by atoms with E-state index in [0.717, 1.165) is 38.7 Å². The Morgan fingerprint density at radius 2 is 1.91 bits per heavy atom. The van der Waals surface area contributed by atoms with Crippen LogP contribution >= 0.6 is 0 Å². The second-order valence-corrected chi connectivity index (χ2v) is 6.41. The smallest absolute Gasteiger partial charge is 0.323 e. The first kappa shape index (κ1) is 16.3. The Kier molecular flexibility index (Phi) is 4.64. The van der Waals surface area contributed by atoms with E-state index < -0.39 is 11.6 Å². The Morgan fingerprint density at radius 3 is 2.48 bits per heavy atom. The molecule has 2 aliphatic heterocycles. The van der Waals surface area contributed by atoms with Crippen LogP contribution in [0, 0.1) is 11.6 Å². The predicted molar refractivity (Wildman–Crippen MR) is 81.9 cm³/mol. The minimum atomic E-state index is -0.558. The summed E-state index contributed by atoms with van der Waals surface area (Å²) in [7, 11) is 0. The van der Waals surface area contributed by atoms with Gasteiger partial charge in [0.1, 0.15) is 23.8 Å². The van der Waals surface area contributed by atoms with Crippen molar-refractivity contribution in [3.8, 4) is 0 Å². The maximum absolute atomic E-state index is 13.9. The molecular weight excluding hydrogens is 302 g/mol. The predicted octanol–water partition coefficient (Wildman–Crippen LogP) is 2.35. The Labute approximate surface area is 135 Å². The minimum absolute atomic E-state index is 0.0160. The number of nitrogens with zero attached hydrogens (tertiary/aromatic N) is 2. The molecule has 0 amide bonds. The van der Waals surface area contributed by atoms with Gasteiger partial charge in [0, 0.05) is 50.3 Å². The van der Waals surface area contributed by atoms with Crippen molar-refractivity contribution in [3.63, 3.8) is 0 Å². The van der Waals surface area contributed by atoms with Crippen molar-refractivity contribution in [1.29, 1.82) is 0 Å². The number of ether oxygens (including phenoxy) is 1. The monoisotopic (exact) mass is 324 g/mol. The molecule has 2 aliphatic rings. The highest BCUT2D eigenvalue weighted by Gasteiger charge is 2.38. The highest BCUT2D eigenvalue weighted by Crippen LogP contribution is 2.27. The van der Waals surface area contributed by atoms with E-state index >= 15 is 0 Å². The van der Waals surface area contributed by atoms with Crippen LogP contribution < -0.4 is 0 Å². The number of hydrogen-bond acceptors (Lipinski definition) is 4. The summed E-state index contributed by atoms with van der Waals surface area (Å²) in [5.41, 5.74) is 0.508. The first-order valence-electron chi connectivity index (χ1n) is 8.09. The molecular formula is C17H22F2N2O2. The largest absolute Gasteiger partial charge is 0.461 e. The summed E-state index contributed by atoms with van der Waals surface area (Å²) in [6.07, 6.45) is 0.721. The van der Waals surface area contributed by atoms with Crippen LogP contribution in [-0.2, 0) is 9.53 Å². The highest BCUT2D eigenvalue weighted by atomic mass is 19.1. The molecule has 3 rings (SSSR count). The average molecular weight is 324 g/mol. The fraction of sp³-hybridized carbons (Fsp3) is 0.588. The Bertz CT molecular complexity index is 588. The normalized spacial score (nSPS) is 27.9. The molecule has 0 spiro atoms. The lowest BCUT2D eigenvalue weighted by Crippen LogP contribution is -2.52. The van der Waals surface area contributed by atoms with Crippen LogP contribution in [0.4, 0.5) is 8.78 Å². The topological polar surface area (TPSA) is 32.8 Å². The van der Waals surface area contributed by atoms with Gasteiger partial charge in [-0.05, 0) is 19.9 Å².